The van der Waals surface area contributed by atoms with Crippen molar-refractivity contribution in [3.8, 4) is 12.8 Å². The van der Waals surface area contributed by atoms with Crippen LogP contribution in [0.4, 0.5) is 5.69 Å². The minimum atomic E-state index is -0.0378. The zero-order chi connectivity index (χ0) is 17.8. The van der Waals surface area contributed by atoms with Crippen LogP contribution in [0.5, 0.6) is 0 Å². The van der Waals surface area contributed by atoms with Crippen molar-refractivity contribution >= 4 is 39.0 Å². The summed E-state index contributed by atoms with van der Waals surface area (Å²) in [7, 11) is 0. The van der Waals surface area contributed by atoms with E-state index in [1.54, 1.807) is 29.2 Å². The molecule has 0 radical (unpaired) electrons. The van der Waals surface area contributed by atoms with Gasteiger partial charge in [0.1, 0.15) is 0 Å². The number of thiophene rings is 1. The van der Waals surface area contributed by atoms with Crippen molar-refractivity contribution in [3.63, 3.8) is 0 Å². The van der Waals surface area contributed by atoms with Crippen LogP contribution in [0.25, 0.3) is 10.2 Å². The molecule has 1 aliphatic carbocycles. The first-order valence-electron chi connectivity index (χ1n) is 8.28. The Labute approximate surface area is 155 Å². The van der Waals surface area contributed by atoms with Gasteiger partial charge in [-0.15, -0.1) is 35.9 Å². The van der Waals surface area contributed by atoms with Crippen molar-refractivity contribution < 1.29 is 0 Å². The van der Waals surface area contributed by atoms with Crippen LogP contribution in [0.3, 0.4) is 0 Å². The fourth-order valence-corrected chi connectivity index (χ4v) is 5.07. The highest BCUT2D eigenvalue weighted by atomic mass is 32.2. The lowest BCUT2D eigenvalue weighted by Gasteiger charge is -2.13. The largest absolute Gasteiger partial charge is 0.381 e. The number of thioether (sulfide) groups is 1. The maximum Gasteiger partial charge on any atom is 0.250 e. The number of aromatic nitrogens is 1. The lowest BCUT2D eigenvalue weighted by molar-refractivity contribution is 0.826. The molecule has 3 heterocycles. The first kappa shape index (κ1) is 17.9. The Morgan fingerprint density at radius 3 is 2.80 bits per heavy atom. The number of pyridine rings is 1. The van der Waals surface area contributed by atoms with E-state index < -0.39 is 0 Å². The second kappa shape index (κ2) is 8.00. The van der Waals surface area contributed by atoms with Gasteiger partial charge in [0.25, 0.3) is 5.56 Å². The third-order valence-corrected chi connectivity index (χ3v) is 6.44. The van der Waals surface area contributed by atoms with Gasteiger partial charge in [-0.2, -0.15) is 0 Å². The molecule has 2 aromatic heterocycles. The molecule has 0 spiro atoms. The topological polar surface area (TPSA) is 82.9 Å². The molecule has 1 atom stereocenters. The van der Waals surface area contributed by atoms with E-state index in [4.69, 9.17) is 5.73 Å². The quantitative estimate of drug-likeness (QED) is 0.585. The standard InChI is InChI=1S/C16H20N4OS2.C2H2/c17-4-3-11-14(9-1-2-9)15-16(23-11)10(7-12(21)20-15)19-8-13-18-5-6-22-13;1-2/h5-7,9,13,18H,1-4,8,17H2,(H2,19,20,21);1-2H. The molecule has 5 nitrogen and oxygen atoms in total. The predicted octanol–water partition coefficient (Wildman–Crippen LogP) is 2.76. The number of terminal acetylenes is 1. The smallest absolute Gasteiger partial charge is 0.250 e. The van der Waals surface area contributed by atoms with Gasteiger partial charge in [-0.25, -0.2) is 0 Å². The minimum absolute atomic E-state index is 0.0378. The van der Waals surface area contributed by atoms with Gasteiger partial charge < -0.3 is 21.4 Å². The molecule has 132 valence electrons. The van der Waals surface area contributed by atoms with Crippen molar-refractivity contribution in [3.05, 3.63) is 38.5 Å². The first-order valence-corrected chi connectivity index (χ1v) is 10.0. The second-order valence-corrected chi connectivity index (χ2v) is 8.20. The van der Waals surface area contributed by atoms with Gasteiger partial charge in [-0.3, -0.25) is 4.79 Å². The lowest BCUT2D eigenvalue weighted by Crippen LogP contribution is -2.25. The van der Waals surface area contributed by atoms with Gasteiger partial charge in [0.05, 0.1) is 21.3 Å². The van der Waals surface area contributed by atoms with Crippen molar-refractivity contribution in [2.24, 2.45) is 5.73 Å². The van der Waals surface area contributed by atoms with Gasteiger partial charge in [0.15, 0.2) is 0 Å². The third-order valence-electron chi connectivity index (χ3n) is 4.22. The van der Waals surface area contributed by atoms with Crippen LogP contribution in [0.2, 0.25) is 0 Å². The van der Waals surface area contributed by atoms with E-state index in [-0.39, 0.29) is 5.56 Å². The van der Waals surface area contributed by atoms with E-state index in [0.717, 1.165) is 28.9 Å². The van der Waals surface area contributed by atoms with Crippen LogP contribution in [-0.2, 0) is 6.42 Å². The maximum absolute atomic E-state index is 12.1. The highest BCUT2D eigenvalue weighted by Crippen LogP contribution is 2.48. The fraction of sp³-hybridized carbons (Fsp3) is 0.389. The molecular weight excluding hydrogens is 352 g/mol. The van der Waals surface area contributed by atoms with Crippen LogP contribution in [0.1, 0.15) is 29.2 Å². The Balaban J connectivity index is 0.000000880. The molecule has 1 saturated carbocycles. The number of rotatable bonds is 6. The molecule has 25 heavy (non-hydrogen) atoms. The number of aromatic amines is 1. The summed E-state index contributed by atoms with van der Waals surface area (Å²) in [5.74, 6) is 0.604. The molecule has 4 rings (SSSR count). The Hall–Kier alpha value is -1.88. The number of nitrogens with two attached hydrogens (primary N) is 1. The highest BCUT2D eigenvalue weighted by Gasteiger charge is 2.30. The Bertz CT molecular complexity index is 840. The molecule has 1 fully saturated rings. The van der Waals surface area contributed by atoms with Crippen molar-refractivity contribution in [2.45, 2.75) is 30.6 Å². The summed E-state index contributed by atoms with van der Waals surface area (Å²) in [4.78, 5) is 16.5. The zero-order valence-electron chi connectivity index (χ0n) is 13.9. The van der Waals surface area contributed by atoms with Gasteiger partial charge >= 0.3 is 0 Å². The lowest BCUT2D eigenvalue weighted by atomic mass is 10.1. The summed E-state index contributed by atoms with van der Waals surface area (Å²) >= 11 is 3.53. The van der Waals surface area contributed by atoms with Crippen molar-refractivity contribution in [1.29, 1.82) is 0 Å². The number of anilines is 1. The first-order chi connectivity index (χ1) is 12.3. The summed E-state index contributed by atoms with van der Waals surface area (Å²) < 4.78 is 1.16. The molecule has 0 saturated heterocycles. The van der Waals surface area contributed by atoms with E-state index in [0.29, 0.717) is 17.8 Å². The van der Waals surface area contributed by atoms with Crippen molar-refractivity contribution in [1.82, 2.24) is 10.3 Å². The normalized spacial score (nSPS) is 18.6. The monoisotopic (exact) mass is 374 g/mol. The average Bonchev–Trinajstić information content (AvgIpc) is 3.18. The molecule has 0 aromatic carbocycles. The van der Waals surface area contributed by atoms with Gasteiger partial charge in [0.2, 0.25) is 0 Å². The molecule has 0 bridgehead atoms. The van der Waals surface area contributed by atoms with Crippen LogP contribution < -0.4 is 21.9 Å². The Morgan fingerprint density at radius 1 is 1.36 bits per heavy atom. The second-order valence-electron chi connectivity index (χ2n) is 5.98. The summed E-state index contributed by atoms with van der Waals surface area (Å²) in [5, 5.41) is 9.09. The Morgan fingerprint density at radius 2 is 2.16 bits per heavy atom. The molecule has 1 aliphatic heterocycles. The fourth-order valence-electron chi connectivity index (χ4n) is 3.04. The maximum atomic E-state index is 12.1. The van der Waals surface area contributed by atoms with Crippen LogP contribution in [0.15, 0.2) is 22.5 Å². The summed E-state index contributed by atoms with van der Waals surface area (Å²) in [6, 6.07) is 1.68. The van der Waals surface area contributed by atoms with Crippen LogP contribution in [-0.4, -0.2) is 23.4 Å². The molecule has 0 amide bonds. The molecule has 7 heteroatoms. The molecule has 2 aliphatic rings. The number of hydrogen-bond acceptors (Lipinski definition) is 6. The van der Waals surface area contributed by atoms with Gasteiger partial charge in [-0.1, -0.05) is 0 Å². The number of fused-ring (bicyclic) bond motifs is 1. The van der Waals surface area contributed by atoms with Crippen LogP contribution in [0, 0.1) is 12.8 Å². The average molecular weight is 375 g/mol. The SMILES string of the molecule is C#C.NCCc1sc2c(NCC3NC=CS3)cc(=O)[nH]c2c1C1CC1. The summed E-state index contributed by atoms with van der Waals surface area (Å²) in [5.41, 5.74) is 9.05. The van der Waals surface area contributed by atoms with E-state index in [9.17, 15) is 4.79 Å². The third kappa shape index (κ3) is 3.87. The molecule has 2 aromatic rings. The molecular formula is C18H22N4OS2. The highest BCUT2D eigenvalue weighted by molar-refractivity contribution is 8.02. The molecule has 5 N–H and O–H groups in total. The van der Waals surface area contributed by atoms with E-state index in [1.807, 2.05) is 6.20 Å². The van der Waals surface area contributed by atoms with Gasteiger partial charge in [-0.05, 0) is 42.7 Å². The minimum Gasteiger partial charge on any atom is -0.381 e. The number of hydrogen-bond donors (Lipinski definition) is 4. The number of H-pyrrole nitrogens is 1. The summed E-state index contributed by atoms with van der Waals surface area (Å²) in [6.07, 6.45) is 13.3. The van der Waals surface area contributed by atoms with E-state index >= 15 is 0 Å². The zero-order valence-corrected chi connectivity index (χ0v) is 15.5. The predicted molar refractivity (Wildman–Crippen MR) is 109 cm³/mol. The van der Waals surface area contributed by atoms with E-state index in [2.05, 4.69) is 33.9 Å². The summed E-state index contributed by atoms with van der Waals surface area (Å²) in [6.45, 7) is 1.42. The van der Waals surface area contributed by atoms with Gasteiger partial charge in [0, 0.05) is 23.7 Å². The molecule has 1 unspecified atom stereocenters. The van der Waals surface area contributed by atoms with E-state index in [1.165, 1.54) is 23.3 Å². The van der Waals surface area contributed by atoms with Crippen molar-refractivity contribution in [2.75, 3.05) is 18.4 Å². The Kier molecular flexibility index (Phi) is 5.74. The van der Waals surface area contributed by atoms with Crippen LogP contribution >= 0.6 is 23.1 Å². The number of nitrogens with one attached hydrogen (secondary N) is 3.